The second-order valence-corrected chi connectivity index (χ2v) is 10.5. The van der Waals surface area contributed by atoms with Crippen molar-refractivity contribution in [2.24, 2.45) is 0 Å². The van der Waals surface area contributed by atoms with Gasteiger partial charge in [0.25, 0.3) is 0 Å². The average Bonchev–Trinajstić information content (AvgIpc) is 3.42. The van der Waals surface area contributed by atoms with E-state index in [2.05, 4.69) is 18.7 Å². The van der Waals surface area contributed by atoms with Crippen molar-refractivity contribution in [1.29, 1.82) is 0 Å². The largest absolute Gasteiger partial charge is 0.490 e. The van der Waals surface area contributed by atoms with Crippen LogP contribution in [0.2, 0.25) is 0 Å². The molecule has 1 aromatic heterocycles. The van der Waals surface area contributed by atoms with Gasteiger partial charge in [-0.1, -0.05) is 18.2 Å². The lowest BCUT2D eigenvalue weighted by atomic mass is 10.1. The van der Waals surface area contributed by atoms with Crippen LogP contribution >= 0.6 is 0 Å². The number of rotatable bonds is 5. The number of benzene rings is 1. The number of halogens is 3. The van der Waals surface area contributed by atoms with Crippen LogP contribution in [0.25, 0.3) is 0 Å². The number of fused-ring (bicyclic) bond motifs is 1. The van der Waals surface area contributed by atoms with Gasteiger partial charge in [-0.2, -0.15) is 22.6 Å². The van der Waals surface area contributed by atoms with Crippen molar-refractivity contribution < 1.29 is 31.5 Å². The van der Waals surface area contributed by atoms with E-state index in [-0.39, 0.29) is 6.04 Å². The zero-order valence-corrected chi connectivity index (χ0v) is 19.9. The zero-order valence-electron chi connectivity index (χ0n) is 19.1. The van der Waals surface area contributed by atoms with Crippen LogP contribution in [0.3, 0.4) is 0 Å². The number of hydrogen-bond donors (Lipinski definition) is 1. The van der Waals surface area contributed by atoms with Crippen molar-refractivity contribution in [1.82, 2.24) is 19.0 Å². The van der Waals surface area contributed by atoms with Crippen LogP contribution in [-0.2, 0) is 34.3 Å². The molecular formula is C22H29F3N4O4S. The second-order valence-electron chi connectivity index (χ2n) is 8.60. The highest BCUT2D eigenvalue weighted by Gasteiger charge is 2.38. The fourth-order valence-electron chi connectivity index (χ4n) is 4.15. The molecule has 1 saturated heterocycles. The maximum absolute atomic E-state index is 13.1. The molecule has 2 aromatic rings. The maximum atomic E-state index is 13.1. The van der Waals surface area contributed by atoms with Crippen LogP contribution in [-0.4, -0.2) is 64.3 Å². The summed E-state index contributed by atoms with van der Waals surface area (Å²) in [4.78, 5) is 11.7. The number of hydrogen-bond acceptors (Lipinski definition) is 5. The summed E-state index contributed by atoms with van der Waals surface area (Å²) in [5, 5.41) is 12.0. The molecule has 34 heavy (non-hydrogen) atoms. The van der Waals surface area contributed by atoms with Crippen molar-refractivity contribution in [3.05, 3.63) is 47.3 Å². The van der Waals surface area contributed by atoms with Gasteiger partial charge in [0.15, 0.2) is 0 Å². The Bertz CT molecular complexity index is 1100. The maximum Gasteiger partial charge on any atom is 0.490 e. The number of likely N-dealkylation sites (tertiary alicyclic amines) is 1. The third kappa shape index (κ3) is 5.97. The lowest BCUT2D eigenvalue weighted by Crippen LogP contribution is -2.37. The van der Waals surface area contributed by atoms with Gasteiger partial charge >= 0.3 is 12.1 Å². The van der Waals surface area contributed by atoms with Crippen molar-refractivity contribution in [3.8, 4) is 0 Å². The average molecular weight is 503 g/mol. The lowest BCUT2D eigenvalue weighted by molar-refractivity contribution is -0.192. The Labute approximate surface area is 197 Å². The van der Waals surface area contributed by atoms with Gasteiger partial charge < -0.3 is 5.11 Å². The van der Waals surface area contributed by atoms with E-state index in [0.29, 0.717) is 18.0 Å². The van der Waals surface area contributed by atoms with Gasteiger partial charge in [-0.05, 0) is 58.3 Å². The van der Waals surface area contributed by atoms with E-state index in [9.17, 15) is 21.6 Å². The molecular weight excluding hydrogens is 473 g/mol. The van der Waals surface area contributed by atoms with Gasteiger partial charge in [-0.3, -0.25) is 9.58 Å². The predicted octanol–water partition coefficient (Wildman–Crippen LogP) is 3.44. The minimum Gasteiger partial charge on any atom is -0.475 e. The first kappa shape index (κ1) is 26.2. The zero-order chi connectivity index (χ0) is 25.1. The molecule has 0 bridgehead atoms. The number of alkyl halides is 3. The smallest absolute Gasteiger partial charge is 0.475 e. The number of carboxylic acid groups (broad SMARTS) is 1. The topological polar surface area (TPSA) is 95.7 Å². The Balaban J connectivity index is 0.000000406. The van der Waals surface area contributed by atoms with Gasteiger partial charge in [0.2, 0.25) is 10.0 Å². The Morgan fingerprint density at radius 1 is 1.12 bits per heavy atom. The van der Waals surface area contributed by atoms with Gasteiger partial charge in [-0.25, -0.2) is 13.2 Å². The molecule has 188 valence electrons. The Kier molecular flexibility index (Phi) is 8.04. The van der Waals surface area contributed by atoms with E-state index in [1.54, 1.807) is 28.6 Å². The highest BCUT2D eigenvalue weighted by Crippen LogP contribution is 2.30. The molecule has 4 rings (SSSR count). The minimum absolute atomic E-state index is 0.213. The molecule has 1 fully saturated rings. The van der Waals surface area contributed by atoms with Gasteiger partial charge in [0, 0.05) is 24.7 Å². The number of carboxylic acids is 1. The van der Waals surface area contributed by atoms with Crippen LogP contribution in [0.1, 0.15) is 49.7 Å². The molecule has 0 saturated carbocycles. The monoisotopic (exact) mass is 502 g/mol. The summed E-state index contributed by atoms with van der Waals surface area (Å²) in [5.41, 5.74) is 3.46. The molecule has 1 N–H and O–H groups in total. The third-order valence-electron chi connectivity index (χ3n) is 5.82. The standard InChI is InChI=1S/C20H28N4O2S.C2HF3O2/c1-16(2)24-20-15-23(27(25,26)17-8-4-3-5-9-17)13-10-18(20)19(21-24)14-22-11-6-7-12-22;3-2(4,5)1(6)7/h3-5,8-9,16H,6-7,10-15H2,1-2H3;(H,6,7). The molecule has 1 aromatic carbocycles. The molecule has 8 nitrogen and oxygen atoms in total. The van der Waals surface area contributed by atoms with Gasteiger partial charge in [0.1, 0.15) is 0 Å². The predicted molar refractivity (Wildman–Crippen MR) is 119 cm³/mol. The summed E-state index contributed by atoms with van der Waals surface area (Å²) in [6.45, 7) is 8.29. The Morgan fingerprint density at radius 3 is 2.24 bits per heavy atom. The molecule has 0 amide bonds. The van der Waals surface area contributed by atoms with Crippen molar-refractivity contribution in [3.63, 3.8) is 0 Å². The SMILES string of the molecule is CC(C)n1nc(CN2CCCC2)c2c1CN(S(=O)(=O)c1ccccc1)CC2.O=C(O)C(F)(F)F. The van der Waals surface area contributed by atoms with Gasteiger partial charge in [0.05, 0.1) is 22.8 Å². The molecule has 0 atom stereocenters. The van der Waals surface area contributed by atoms with E-state index in [1.807, 2.05) is 10.7 Å². The van der Waals surface area contributed by atoms with E-state index in [1.165, 1.54) is 18.4 Å². The van der Waals surface area contributed by atoms with Crippen LogP contribution in [0.15, 0.2) is 35.2 Å². The van der Waals surface area contributed by atoms with E-state index >= 15 is 0 Å². The molecule has 3 heterocycles. The van der Waals surface area contributed by atoms with E-state index < -0.39 is 22.2 Å². The normalized spacial score (nSPS) is 17.4. The quantitative estimate of drug-likeness (QED) is 0.673. The van der Waals surface area contributed by atoms with Crippen LogP contribution < -0.4 is 0 Å². The Hall–Kier alpha value is -2.44. The summed E-state index contributed by atoms with van der Waals surface area (Å²) in [6.07, 6.45) is -1.83. The highest BCUT2D eigenvalue weighted by atomic mass is 32.2. The second kappa shape index (κ2) is 10.4. The van der Waals surface area contributed by atoms with Gasteiger partial charge in [-0.15, -0.1) is 0 Å². The summed E-state index contributed by atoms with van der Waals surface area (Å²) in [6, 6.07) is 8.94. The molecule has 2 aliphatic heterocycles. The van der Waals surface area contributed by atoms with Crippen molar-refractivity contribution in [2.75, 3.05) is 19.6 Å². The number of nitrogens with zero attached hydrogens (tertiary/aromatic N) is 4. The Morgan fingerprint density at radius 2 is 1.71 bits per heavy atom. The fraction of sp³-hybridized carbons (Fsp3) is 0.545. The molecule has 0 aliphatic carbocycles. The minimum atomic E-state index is -5.08. The summed E-state index contributed by atoms with van der Waals surface area (Å²) in [7, 11) is -3.48. The molecule has 0 spiro atoms. The number of aromatic nitrogens is 2. The third-order valence-corrected chi connectivity index (χ3v) is 7.68. The summed E-state index contributed by atoms with van der Waals surface area (Å²) < 4.78 is 61.5. The van der Waals surface area contributed by atoms with Crippen molar-refractivity contribution >= 4 is 16.0 Å². The molecule has 2 aliphatic rings. The molecule has 0 radical (unpaired) electrons. The van der Waals surface area contributed by atoms with Crippen molar-refractivity contribution in [2.45, 2.75) is 63.3 Å². The first-order valence-electron chi connectivity index (χ1n) is 11.1. The fourth-order valence-corrected chi connectivity index (χ4v) is 5.57. The van der Waals surface area contributed by atoms with Crippen LogP contribution in [0, 0.1) is 0 Å². The number of carbonyl (C=O) groups is 1. The number of sulfonamides is 1. The molecule has 0 unspecified atom stereocenters. The van der Waals surface area contributed by atoms with Crippen LogP contribution in [0.5, 0.6) is 0 Å². The first-order valence-corrected chi connectivity index (χ1v) is 12.5. The number of aliphatic carboxylic acids is 1. The lowest BCUT2D eigenvalue weighted by Gasteiger charge is -2.28. The summed E-state index contributed by atoms with van der Waals surface area (Å²) in [5.74, 6) is -2.76. The van der Waals surface area contributed by atoms with Crippen LogP contribution in [0.4, 0.5) is 13.2 Å². The molecule has 12 heteroatoms. The van der Waals surface area contributed by atoms with E-state index in [0.717, 1.165) is 37.4 Å². The highest BCUT2D eigenvalue weighted by molar-refractivity contribution is 7.89. The summed E-state index contributed by atoms with van der Waals surface area (Å²) >= 11 is 0. The van der Waals surface area contributed by atoms with E-state index in [4.69, 9.17) is 15.0 Å². The first-order chi connectivity index (χ1) is 15.9.